The van der Waals surface area contributed by atoms with E-state index in [0.29, 0.717) is 11.6 Å². The van der Waals surface area contributed by atoms with Gasteiger partial charge in [-0.3, -0.25) is 9.59 Å². The molecule has 2 aromatic heterocycles. The van der Waals surface area contributed by atoms with Crippen molar-refractivity contribution in [3.05, 3.63) is 58.7 Å². The van der Waals surface area contributed by atoms with Crippen LogP contribution in [0.15, 0.2) is 30.6 Å². The fourth-order valence-electron chi connectivity index (χ4n) is 6.39. The molecule has 1 saturated carbocycles. The van der Waals surface area contributed by atoms with Gasteiger partial charge in [-0.25, -0.2) is 9.37 Å². The standard InChI is InChI=1S/C30H34FN5O2/c1-18-25(34-28(37)20-9-10-24(31)22(13-20)15-32)16-33-27-26(18)23(17-35(27)4)21-11-12-36(30(2,3)14-21)29(38)19-7-5-6-8-19/h9-10,13,16-17,19,21H,5-8,11-12,14H2,1-4H3,(H,34,37)/t21-/m1/s1. The molecule has 2 aliphatic rings. The van der Waals surface area contributed by atoms with Crippen molar-refractivity contribution in [3.8, 4) is 6.07 Å². The molecule has 7 nitrogen and oxygen atoms in total. The number of piperidine rings is 1. The Morgan fingerprint density at radius 3 is 2.63 bits per heavy atom. The van der Waals surface area contributed by atoms with Crippen LogP contribution in [0.25, 0.3) is 11.0 Å². The zero-order valence-electron chi connectivity index (χ0n) is 22.5. The van der Waals surface area contributed by atoms with Gasteiger partial charge in [-0.2, -0.15) is 5.26 Å². The molecular weight excluding hydrogens is 481 g/mol. The van der Waals surface area contributed by atoms with E-state index in [1.807, 2.05) is 18.5 Å². The summed E-state index contributed by atoms with van der Waals surface area (Å²) in [6.07, 6.45) is 9.81. The number of benzene rings is 1. The second-order valence-electron chi connectivity index (χ2n) is 11.4. The van der Waals surface area contributed by atoms with Crippen LogP contribution >= 0.6 is 0 Å². The molecule has 1 aromatic carbocycles. The summed E-state index contributed by atoms with van der Waals surface area (Å²) in [5.41, 5.74) is 3.28. The van der Waals surface area contributed by atoms with Crippen LogP contribution in [0.1, 0.15) is 85.3 Å². The first-order valence-corrected chi connectivity index (χ1v) is 13.4. The molecule has 198 valence electrons. The van der Waals surface area contributed by atoms with Crippen LogP contribution in [0.3, 0.4) is 0 Å². The average molecular weight is 516 g/mol. The van der Waals surface area contributed by atoms with Crippen LogP contribution in [-0.2, 0) is 11.8 Å². The lowest BCUT2D eigenvalue weighted by Crippen LogP contribution is -2.53. The number of likely N-dealkylation sites (tertiary alicyclic amines) is 1. The van der Waals surface area contributed by atoms with Crippen molar-refractivity contribution in [1.82, 2.24) is 14.5 Å². The van der Waals surface area contributed by atoms with Crippen molar-refractivity contribution < 1.29 is 14.0 Å². The summed E-state index contributed by atoms with van der Waals surface area (Å²) in [6, 6.07) is 5.52. The van der Waals surface area contributed by atoms with E-state index in [2.05, 4.69) is 35.2 Å². The van der Waals surface area contributed by atoms with E-state index in [-0.39, 0.29) is 28.5 Å². The number of halogens is 1. The Labute approximate surface area is 222 Å². The van der Waals surface area contributed by atoms with E-state index in [4.69, 9.17) is 5.26 Å². The van der Waals surface area contributed by atoms with Crippen molar-refractivity contribution in [2.45, 2.75) is 70.8 Å². The highest BCUT2D eigenvalue weighted by atomic mass is 19.1. The molecule has 1 aliphatic carbocycles. The number of hydrogen-bond donors (Lipinski definition) is 1. The summed E-state index contributed by atoms with van der Waals surface area (Å²) in [6.45, 7) is 7.05. The number of fused-ring (bicyclic) bond motifs is 1. The smallest absolute Gasteiger partial charge is 0.255 e. The average Bonchev–Trinajstić information content (AvgIpc) is 3.54. The Bertz CT molecular complexity index is 1460. The van der Waals surface area contributed by atoms with Crippen LogP contribution in [0.4, 0.5) is 10.1 Å². The third-order valence-electron chi connectivity index (χ3n) is 8.46. The zero-order chi connectivity index (χ0) is 27.2. The summed E-state index contributed by atoms with van der Waals surface area (Å²) >= 11 is 0. The molecule has 38 heavy (non-hydrogen) atoms. The van der Waals surface area contributed by atoms with Crippen LogP contribution < -0.4 is 5.32 Å². The third kappa shape index (κ3) is 4.55. The van der Waals surface area contributed by atoms with Crippen molar-refractivity contribution in [2.75, 3.05) is 11.9 Å². The number of aryl methyl sites for hydroxylation is 2. The molecule has 1 atom stereocenters. The quantitative estimate of drug-likeness (QED) is 0.474. The lowest BCUT2D eigenvalue weighted by molar-refractivity contribution is -0.143. The number of pyridine rings is 1. The maximum Gasteiger partial charge on any atom is 0.255 e. The number of carbonyl (C=O) groups is 2. The lowest BCUT2D eigenvalue weighted by Gasteiger charge is -2.46. The van der Waals surface area contributed by atoms with Gasteiger partial charge in [-0.15, -0.1) is 0 Å². The molecule has 2 fully saturated rings. The van der Waals surface area contributed by atoms with Gasteiger partial charge in [-0.05, 0) is 81.7 Å². The fourth-order valence-corrected chi connectivity index (χ4v) is 6.39. The van der Waals surface area contributed by atoms with Gasteiger partial charge in [0.25, 0.3) is 5.91 Å². The summed E-state index contributed by atoms with van der Waals surface area (Å²) in [5.74, 6) is -0.347. The number of anilines is 1. The molecule has 5 rings (SSSR count). The lowest BCUT2D eigenvalue weighted by atomic mass is 9.78. The SMILES string of the molecule is Cc1c(NC(=O)c2ccc(F)c(C#N)c2)cnc2c1c([C@@H]1CCN(C(=O)C3CCCC3)C(C)(C)C1)cn2C. The van der Waals surface area contributed by atoms with E-state index >= 15 is 0 Å². The molecule has 0 spiro atoms. The molecule has 2 amide bonds. The molecule has 1 aliphatic heterocycles. The number of hydrogen-bond acceptors (Lipinski definition) is 4. The van der Waals surface area contributed by atoms with Crippen molar-refractivity contribution in [3.63, 3.8) is 0 Å². The van der Waals surface area contributed by atoms with Crippen molar-refractivity contribution >= 4 is 28.5 Å². The topological polar surface area (TPSA) is 91.0 Å². The van der Waals surface area contributed by atoms with Gasteiger partial charge in [0.1, 0.15) is 17.5 Å². The molecule has 1 N–H and O–H groups in total. The van der Waals surface area contributed by atoms with Crippen molar-refractivity contribution in [1.29, 1.82) is 5.26 Å². The molecule has 0 unspecified atom stereocenters. The first-order chi connectivity index (χ1) is 18.1. The van der Waals surface area contributed by atoms with Gasteiger partial charge in [0.2, 0.25) is 5.91 Å². The largest absolute Gasteiger partial charge is 0.337 e. The molecule has 3 heterocycles. The van der Waals surface area contributed by atoms with Gasteiger partial charge in [0.05, 0.1) is 17.4 Å². The van der Waals surface area contributed by atoms with Gasteiger partial charge in [-0.1, -0.05) is 12.8 Å². The van der Waals surface area contributed by atoms with E-state index in [9.17, 15) is 14.0 Å². The second kappa shape index (κ2) is 9.86. The Morgan fingerprint density at radius 1 is 1.21 bits per heavy atom. The van der Waals surface area contributed by atoms with Crippen LogP contribution in [-0.4, -0.2) is 38.3 Å². The summed E-state index contributed by atoms with van der Waals surface area (Å²) in [5, 5.41) is 13.0. The fraction of sp³-hybridized carbons (Fsp3) is 0.467. The maximum absolute atomic E-state index is 13.7. The second-order valence-corrected chi connectivity index (χ2v) is 11.4. The van der Waals surface area contributed by atoms with E-state index < -0.39 is 11.7 Å². The highest BCUT2D eigenvalue weighted by Gasteiger charge is 2.41. The molecule has 0 radical (unpaired) electrons. The molecular formula is C30H34FN5O2. The molecule has 3 aromatic rings. The van der Waals surface area contributed by atoms with Gasteiger partial charge >= 0.3 is 0 Å². The predicted molar refractivity (Wildman–Crippen MR) is 144 cm³/mol. The number of aromatic nitrogens is 2. The van der Waals surface area contributed by atoms with Gasteiger partial charge in [0, 0.05) is 42.2 Å². The van der Waals surface area contributed by atoms with Crippen LogP contribution in [0, 0.1) is 30.0 Å². The Hall–Kier alpha value is -3.73. The van der Waals surface area contributed by atoms with Crippen LogP contribution in [0.5, 0.6) is 0 Å². The van der Waals surface area contributed by atoms with Gasteiger partial charge < -0.3 is 14.8 Å². The maximum atomic E-state index is 13.7. The Balaban J connectivity index is 1.43. The minimum absolute atomic E-state index is 0.173. The minimum atomic E-state index is -0.656. The summed E-state index contributed by atoms with van der Waals surface area (Å²) in [4.78, 5) is 33.0. The Morgan fingerprint density at radius 2 is 1.95 bits per heavy atom. The number of carbonyl (C=O) groups excluding carboxylic acids is 2. The monoisotopic (exact) mass is 515 g/mol. The summed E-state index contributed by atoms with van der Waals surface area (Å²) in [7, 11) is 1.97. The number of nitriles is 1. The highest BCUT2D eigenvalue weighted by molar-refractivity contribution is 6.06. The highest BCUT2D eigenvalue weighted by Crippen LogP contribution is 2.43. The molecule has 8 heteroatoms. The Kier molecular flexibility index (Phi) is 6.72. The first-order valence-electron chi connectivity index (χ1n) is 13.4. The van der Waals surface area contributed by atoms with E-state index in [1.165, 1.54) is 17.7 Å². The third-order valence-corrected chi connectivity index (χ3v) is 8.46. The van der Waals surface area contributed by atoms with Crippen LogP contribution in [0.2, 0.25) is 0 Å². The number of nitrogens with one attached hydrogen (secondary N) is 1. The van der Waals surface area contributed by atoms with Crippen molar-refractivity contribution in [2.24, 2.45) is 13.0 Å². The summed E-state index contributed by atoms with van der Waals surface area (Å²) < 4.78 is 15.8. The number of amides is 2. The zero-order valence-corrected chi connectivity index (χ0v) is 22.5. The first kappa shape index (κ1) is 25.9. The number of rotatable bonds is 4. The minimum Gasteiger partial charge on any atom is -0.337 e. The van der Waals surface area contributed by atoms with Gasteiger partial charge in [0.15, 0.2) is 0 Å². The van der Waals surface area contributed by atoms with E-state index in [1.54, 1.807) is 12.3 Å². The predicted octanol–water partition coefficient (Wildman–Crippen LogP) is 5.82. The molecule has 0 bridgehead atoms. The van der Waals surface area contributed by atoms with E-state index in [0.717, 1.165) is 67.7 Å². The number of nitrogens with zero attached hydrogens (tertiary/aromatic N) is 4. The molecule has 1 saturated heterocycles. The normalized spacial score (nSPS) is 19.5.